The van der Waals surface area contributed by atoms with Crippen molar-refractivity contribution in [2.75, 3.05) is 5.32 Å². The van der Waals surface area contributed by atoms with E-state index in [4.69, 9.17) is 0 Å². The molecule has 0 fully saturated rings. The predicted octanol–water partition coefficient (Wildman–Crippen LogP) is 4.83. The number of nitriles is 1. The molecule has 8 heteroatoms. The molecule has 26 heavy (non-hydrogen) atoms. The van der Waals surface area contributed by atoms with Crippen molar-refractivity contribution in [2.45, 2.75) is 0 Å². The van der Waals surface area contributed by atoms with Crippen LogP contribution in [0.25, 0.3) is 16.8 Å². The molecule has 1 aromatic heterocycles. The maximum atomic E-state index is 13.0. The van der Waals surface area contributed by atoms with Crippen LogP contribution in [-0.2, 0) is 0 Å². The van der Waals surface area contributed by atoms with E-state index >= 15 is 0 Å². The molecule has 0 radical (unpaired) electrons. The zero-order valence-electron chi connectivity index (χ0n) is 13.2. The van der Waals surface area contributed by atoms with E-state index in [9.17, 15) is 19.8 Å². The number of thiazole rings is 1. The van der Waals surface area contributed by atoms with E-state index in [1.54, 1.807) is 29.6 Å². The van der Waals surface area contributed by atoms with Crippen LogP contribution in [0.2, 0.25) is 0 Å². The highest BCUT2D eigenvalue weighted by atomic mass is 32.1. The molecule has 0 amide bonds. The maximum Gasteiger partial charge on any atom is 0.271 e. The second-order valence-corrected chi connectivity index (χ2v) is 6.02. The van der Waals surface area contributed by atoms with Gasteiger partial charge >= 0.3 is 0 Å². The molecule has 3 aromatic rings. The van der Waals surface area contributed by atoms with Crippen molar-refractivity contribution in [2.24, 2.45) is 0 Å². The Labute approximate surface area is 152 Å². The van der Waals surface area contributed by atoms with Gasteiger partial charge in [0.05, 0.1) is 10.6 Å². The summed E-state index contributed by atoms with van der Waals surface area (Å²) in [5, 5.41) is 25.3. The fourth-order valence-electron chi connectivity index (χ4n) is 2.16. The Bertz CT molecular complexity index is 1020. The number of nitrogens with zero attached hydrogens (tertiary/aromatic N) is 3. The van der Waals surface area contributed by atoms with Crippen molar-refractivity contribution in [3.05, 3.63) is 81.1 Å². The number of hydrogen-bond donors (Lipinski definition) is 1. The summed E-state index contributed by atoms with van der Waals surface area (Å²) in [6.45, 7) is 0. The third kappa shape index (κ3) is 3.91. The number of nitrogens with one attached hydrogen (secondary N) is 1. The highest BCUT2D eigenvalue weighted by Crippen LogP contribution is 2.26. The Kier molecular flexibility index (Phi) is 5.01. The van der Waals surface area contributed by atoms with Gasteiger partial charge in [-0.1, -0.05) is 6.07 Å². The second kappa shape index (κ2) is 7.55. The van der Waals surface area contributed by atoms with Crippen molar-refractivity contribution in [1.29, 1.82) is 5.26 Å². The first kappa shape index (κ1) is 17.3. The summed E-state index contributed by atoms with van der Waals surface area (Å²) in [5.74, 6) is -0.331. The minimum atomic E-state index is -0.490. The summed E-state index contributed by atoms with van der Waals surface area (Å²) in [4.78, 5) is 14.7. The number of hydrogen-bond acceptors (Lipinski definition) is 6. The first-order valence-electron chi connectivity index (χ1n) is 7.40. The van der Waals surface area contributed by atoms with Crippen LogP contribution >= 0.6 is 11.3 Å². The molecule has 0 unspecified atom stereocenters. The fourth-order valence-corrected chi connectivity index (χ4v) is 2.95. The summed E-state index contributed by atoms with van der Waals surface area (Å²) in [5.41, 5.74) is 2.12. The van der Waals surface area contributed by atoms with Gasteiger partial charge in [0.1, 0.15) is 22.5 Å². The smallest absolute Gasteiger partial charge is 0.271 e. The highest BCUT2D eigenvalue weighted by molar-refractivity contribution is 7.11. The van der Waals surface area contributed by atoms with E-state index in [-0.39, 0.29) is 17.1 Å². The molecule has 0 aliphatic carbocycles. The Morgan fingerprint density at radius 1 is 1.31 bits per heavy atom. The van der Waals surface area contributed by atoms with Gasteiger partial charge in [0.2, 0.25) is 0 Å². The highest BCUT2D eigenvalue weighted by Gasteiger charge is 2.10. The molecule has 0 saturated heterocycles. The number of anilines is 1. The van der Waals surface area contributed by atoms with Crippen LogP contribution in [0.5, 0.6) is 0 Å². The molecule has 0 spiro atoms. The van der Waals surface area contributed by atoms with Gasteiger partial charge in [-0.15, -0.1) is 11.3 Å². The Morgan fingerprint density at radius 2 is 2.08 bits per heavy atom. The van der Waals surface area contributed by atoms with Gasteiger partial charge in [0.15, 0.2) is 0 Å². The van der Waals surface area contributed by atoms with Gasteiger partial charge < -0.3 is 5.32 Å². The van der Waals surface area contributed by atoms with Crippen LogP contribution in [0.1, 0.15) is 5.01 Å². The summed E-state index contributed by atoms with van der Waals surface area (Å²) >= 11 is 1.28. The first-order valence-corrected chi connectivity index (χ1v) is 8.28. The third-order valence-electron chi connectivity index (χ3n) is 3.44. The molecule has 0 atom stereocenters. The number of non-ortho nitro benzene ring substituents is 1. The molecule has 1 N–H and O–H groups in total. The number of nitro groups is 1. The van der Waals surface area contributed by atoms with Crippen molar-refractivity contribution >= 4 is 28.3 Å². The molecular weight excluding hydrogens is 355 g/mol. The minimum absolute atomic E-state index is 0.0465. The number of benzene rings is 2. The zero-order chi connectivity index (χ0) is 18.5. The van der Waals surface area contributed by atoms with Gasteiger partial charge in [-0.25, -0.2) is 9.37 Å². The summed E-state index contributed by atoms with van der Waals surface area (Å²) in [7, 11) is 0. The summed E-state index contributed by atoms with van der Waals surface area (Å²) in [6, 6.07) is 13.9. The van der Waals surface area contributed by atoms with E-state index in [0.29, 0.717) is 16.4 Å². The normalized spacial score (nSPS) is 11.0. The van der Waals surface area contributed by atoms with Gasteiger partial charge in [0, 0.05) is 35.0 Å². The lowest BCUT2D eigenvalue weighted by atomic mass is 10.2. The van der Waals surface area contributed by atoms with Crippen LogP contribution in [0.3, 0.4) is 0 Å². The quantitative estimate of drug-likeness (QED) is 0.396. The van der Waals surface area contributed by atoms with Gasteiger partial charge in [0.25, 0.3) is 5.69 Å². The van der Waals surface area contributed by atoms with Crippen molar-refractivity contribution in [3.63, 3.8) is 0 Å². The van der Waals surface area contributed by atoms with Gasteiger partial charge in [-0.05, 0) is 30.3 Å². The van der Waals surface area contributed by atoms with Crippen LogP contribution in [0, 0.1) is 27.3 Å². The molecule has 128 valence electrons. The lowest BCUT2D eigenvalue weighted by Crippen LogP contribution is -1.93. The molecule has 0 aliphatic rings. The number of aromatic nitrogens is 1. The Hall–Kier alpha value is -3.57. The molecule has 1 heterocycles. The molecule has 2 aromatic carbocycles. The predicted molar refractivity (Wildman–Crippen MR) is 97.8 cm³/mol. The number of nitro benzene ring substituents is 1. The van der Waals surface area contributed by atoms with E-state index in [1.807, 2.05) is 0 Å². The van der Waals surface area contributed by atoms with Crippen molar-refractivity contribution in [1.82, 2.24) is 4.98 Å². The average Bonchev–Trinajstić information content (AvgIpc) is 3.13. The number of rotatable bonds is 5. The molecule has 6 nitrogen and oxygen atoms in total. The SMILES string of the molecule is N#C/C(=C\Nc1cccc([N+](=O)[O-])c1)c1nc(-c2ccc(F)cc2)cs1. The largest absolute Gasteiger partial charge is 0.360 e. The monoisotopic (exact) mass is 366 g/mol. The minimum Gasteiger partial charge on any atom is -0.360 e. The van der Waals surface area contributed by atoms with E-state index < -0.39 is 4.92 Å². The van der Waals surface area contributed by atoms with Crippen LogP contribution in [0.15, 0.2) is 60.1 Å². The Morgan fingerprint density at radius 3 is 2.77 bits per heavy atom. The third-order valence-corrected chi connectivity index (χ3v) is 4.31. The molecule has 0 saturated carbocycles. The number of allylic oxidation sites excluding steroid dienone is 1. The van der Waals surface area contributed by atoms with Crippen LogP contribution in [0.4, 0.5) is 15.8 Å². The first-order chi connectivity index (χ1) is 12.6. The topological polar surface area (TPSA) is 91.8 Å². The zero-order valence-corrected chi connectivity index (χ0v) is 14.0. The van der Waals surface area contributed by atoms with Crippen LogP contribution < -0.4 is 5.32 Å². The molecule has 0 aliphatic heterocycles. The second-order valence-electron chi connectivity index (χ2n) is 5.17. The van der Waals surface area contributed by atoms with Gasteiger partial charge in [-0.2, -0.15) is 5.26 Å². The Balaban J connectivity index is 1.82. The summed E-state index contributed by atoms with van der Waals surface area (Å²) < 4.78 is 13.0. The lowest BCUT2D eigenvalue weighted by Gasteiger charge is -2.01. The molecule has 0 bridgehead atoms. The summed E-state index contributed by atoms with van der Waals surface area (Å²) in [6.07, 6.45) is 1.45. The number of halogens is 1. The van der Waals surface area contributed by atoms with Crippen molar-refractivity contribution < 1.29 is 9.31 Å². The average molecular weight is 366 g/mol. The van der Waals surface area contributed by atoms with Crippen molar-refractivity contribution in [3.8, 4) is 17.3 Å². The molecule has 3 rings (SSSR count). The fraction of sp³-hybridized carbons (Fsp3) is 0. The standard InChI is InChI=1S/C18H11FN4O2S/c19-14-6-4-12(5-7-14)17-11-26-18(22-17)13(9-20)10-21-15-2-1-3-16(8-15)23(24)25/h1-8,10-11,21H/b13-10+. The van der Waals surface area contributed by atoms with E-state index in [2.05, 4.69) is 16.4 Å². The maximum absolute atomic E-state index is 13.0. The van der Waals surface area contributed by atoms with Gasteiger partial charge in [-0.3, -0.25) is 10.1 Å². The van der Waals surface area contributed by atoms with E-state index in [0.717, 1.165) is 5.56 Å². The lowest BCUT2D eigenvalue weighted by molar-refractivity contribution is -0.384. The van der Waals surface area contributed by atoms with E-state index in [1.165, 1.54) is 41.8 Å². The molecular formula is C18H11FN4O2S. The van der Waals surface area contributed by atoms with Crippen LogP contribution in [-0.4, -0.2) is 9.91 Å².